The molecule has 1 aliphatic heterocycles. The number of rotatable bonds is 7. The fourth-order valence-corrected chi connectivity index (χ4v) is 3.61. The molecule has 1 N–H and O–H groups in total. The van der Waals surface area contributed by atoms with E-state index in [0.29, 0.717) is 30.9 Å². The number of fused-ring (bicyclic) bond motifs is 1. The van der Waals surface area contributed by atoms with E-state index in [1.807, 2.05) is 25.1 Å². The van der Waals surface area contributed by atoms with Crippen LogP contribution in [0.25, 0.3) is 11.3 Å². The average molecular weight is 422 g/mol. The van der Waals surface area contributed by atoms with Crippen LogP contribution in [0.5, 0.6) is 17.5 Å². The van der Waals surface area contributed by atoms with E-state index in [-0.39, 0.29) is 5.92 Å². The zero-order valence-corrected chi connectivity index (χ0v) is 18.3. The number of anilines is 1. The molecule has 3 aromatic rings. The van der Waals surface area contributed by atoms with Gasteiger partial charge in [-0.15, -0.1) is 0 Å². The fraction of sp³-hybridized carbons (Fsp3) is 0.391. The molecule has 1 unspecified atom stereocenters. The Morgan fingerprint density at radius 3 is 2.74 bits per heavy atom. The number of pyridine rings is 2. The van der Waals surface area contributed by atoms with E-state index in [2.05, 4.69) is 39.1 Å². The van der Waals surface area contributed by atoms with E-state index in [1.54, 1.807) is 25.8 Å². The first-order valence-electron chi connectivity index (χ1n) is 10.4. The summed E-state index contributed by atoms with van der Waals surface area (Å²) in [7, 11) is 1.62. The number of nitrogens with zero attached hydrogens (tertiary/aromatic N) is 4. The van der Waals surface area contributed by atoms with Crippen LogP contribution in [0.2, 0.25) is 0 Å². The van der Waals surface area contributed by atoms with E-state index >= 15 is 0 Å². The van der Waals surface area contributed by atoms with Crippen LogP contribution in [-0.4, -0.2) is 46.8 Å². The molecule has 162 valence electrons. The van der Waals surface area contributed by atoms with Gasteiger partial charge in [0.2, 0.25) is 5.88 Å². The van der Waals surface area contributed by atoms with Crippen molar-refractivity contribution in [3.05, 3.63) is 48.0 Å². The maximum Gasteiger partial charge on any atom is 0.257 e. The van der Waals surface area contributed by atoms with Crippen molar-refractivity contribution >= 4 is 5.82 Å². The van der Waals surface area contributed by atoms with Gasteiger partial charge < -0.3 is 19.5 Å². The molecule has 0 fully saturated rings. The van der Waals surface area contributed by atoms with Gasteiger partial charge in [0.25, 0.3) is 5.88 Å². The molecule has 8 heteroatoms. The highest BCUT2D eigenvalue weighted by molar-refractivity contribution is 5.62. The number of hydrogen-bond donors (Lipinski definition) is 1. The monoisotopic (exact) mass is 421 g/mol. The van der Waals surface area contributed by atoms with Gasteiger partial charge in [0.15, 0.2) is 5.75 Å². The topological polar surface area (TPSA) is 91.3 Å². The Kier molecular flexibility index (Phi) is 6.16. The molecule has 0 radical (unpaired) electrons. The van der Waals surface area contributed by atoms with Crippen molar-refractivity contribution in [2.45, 2.75) is 26.7 Å². The van der Waals surface area contributed by atoms with Crippen LogP contribution in [0.1, 0.15) is 30.9 Å². The number of aryl methyl sites for hydroxylation is 1. The first kappa shape index (κ1) is 20.8. The zero-order chi connectivity index (χ0) is 21.8. The Labute approximate surface area is 182 Å². The second kappa shape index (κ2) is 9.16. The number of nitrogens with one attached hydrogen (secondary N) is 1. The van der Waals surface area contributed by atoms with Gasteiger partial charge >= 0.3 is 0 Å². The minimum absolute atomic E-state index is 0.251. The Hall–Kier alpha value is -3.42. The maximum atomic E-state index is 5.84. The molecule has 2 atom stereocenters. The third-order valence-electron chi connectivity index (χ3n) is 5.61. The summed E-state index contributed by atoms with van der Waals surface area (Å²) in [5.41, 5.74) is 3.81. The van der Waals surface area contributed by atoms with Gasteiger partial charge in [-0.25, -0.2) is 19.9 Å². The second-order valence-corrected chi connectivity index (χ2v) is 7.72. The summed E-state index contributed by atoms with van der Waals surface area (Å²) in [5.74, 6) is 3.31. The van der Waals surface area contributed by atoms with Crippen LogP contribution in [0.4, 0.5) is 5.82 Å². The molecular formula is C23H27N5O3. The van der Waals surface area contributed by atoms with E-state index in [4.69, 9.17) is 14.2 Å². The molecule has 8 nitrogen and oxygen atoms in total. The average Bonchev–Trinajstić information content (AvgIpc) is 2.81. The normalized spacial score (nSPS) is 14.6. The minimum atomic E-state index is 0.251. The van der Waals surface area contributed by atoms with Crippen LogP contribution in [0, 0.1) is 12.8 Å². The van der Waals surface area contributed by atoms with Gasteiger partial charge in [0, 0.05) is 41.7 Å². The lowest BCUT2D eigenvalue weighted by Crippen LogP contribution is -2.21. The first-order valence-corrected chi connectivity index (χ1v) is 10.4. The Morgan fingerprint density at radius 1 is 1.10 bits per heavy atom. The van der Waals surface area contributed by atoms with Crippen molar-refractivity contribution in [1.29, 1.82) is 0 Å². The molecule has 4 rings (SSSR count). The van der Waals surface area contributed by atoms with Crippen molar-refractivity contribution in [1.82, 2.24) is 19.9 Å². The van der Waals surface area contributed by atoms with Gasteiger partial charge in [0.05, 0.1) is 12.8 Å². The lowest BCUT2D eigenvalue weighted by Gasteiger charge is -2.26. The third-order valence-corrected chi connectivity index (χ3v) is 5.61. The summed E-state index contributed by atoms with van der Waals surface area (Å²) in [5, 5.41) is 3.44. The van der Waals surface area contributed by atoms with E-state index in [0.717, 1.165) is 40.5 Å². The fourth-order valence-electron chi connectivity index (χ4n) is 3.61. The maximum absolute atomic E-state index is 5.84. The SMILES string of the molecule is COc1ncc(-c2cc(NC[C@@H](C)C(C)c3ccnc4c3OCCO4)ncn2)cc1C. The van der Waals surface area contributed by atoms with Crippen molar-refractivity contribution < 1.29 is 14.2 Å². The largest absolute Gasteiger partial charge is 0.484 e. The van der Waals surface area contributed by atoms with Crippen LogP contribution in [-0.2, 0) is 0 Å². The standard InChI is InChI=1S/C23H27N5O3/c1-14-9-17(12-26-22(14)29-4)19-10-20(28-13-27-19)25-11-15(2)16(3)18-5-6-24-23-21(18)30-7-8-31-23/h5-6,9-10,12-13,15-16H,7-8,11H2,1-4H3,(H,25,27,28)/t15-,16?/m1/s1. The van der Waals surface area contributed by atoms with E-state index in [1.165, 1.54) is 0 Å². The highest BCUT2D eigenvalue weighted by Crippen LogP contribution is 2.38. The second-order valence-electron chi connectivity index (χ2n) is 7.72. The lowest BCUT2D eigenvalue weighted by atomic mass is 9.88. The summed E-state index contributed by atoms with van der Waals surface area (Å²) >= 11 is 0. The van der Waals surface area contributed by atoms with Gasteiger partial charge in [0.1, 0.15) is 25.4 Å². The zero-order valence-electron chi connectivity index (χ0n) is 18.3. The highest BCUT2D eigenvalue weighted by atomic mass is 16.6. The number of aromatic nitrogens is 4. The van der Waals surface area contributed by atoms with Crippen LogP contribution in [0.3, 0.4) is 0 Å². The molecule has 0 saturated heterocycles. The molecule has 0 amide bonds. The minimum Gasteiger partial charge on any atom is -0.484 e. The van der Waals surface area contributed by atoms with Gasteiger partial charge in [-0.3, -0.25) is 0 Å². The van der Waals surface area contributed by atoms with Gasteiger partial charge in [-0.2, -0.15) is 0 Å². The molecule has 0 saturated carbocycles. The third kappa shape index (κ3) is 4.52. The summed E-state index contributed by atoms with van der Waals surface area (Å²) in [6.07, 6.45) is 5.11. The molecule has 0 bridgehead atoms. The predicted octanol–water partition coefficient (Wildman–Crippen LogP) is 3.87. The molecular weight excluding hydrogens is 394 g/mol. The molecule has 31 heavy (non-hydrogen) atoms. The Balaban J connectivity index is 1.45. The summed E-state index contributed by atoms with van der Waals surface area (Å²) in [6.45, 7) is 8.19. The summed E-state index contributed by atoms with van der Waals surface area (Å²) < 4.78 is 16.7. The van der Waals surface area contributed by atoms with Crippen molar-refractivity contribution in [2.75, 3.05) is 32.2 Å². The smallest absolute Gasteiger partial charge is 0.257 e. The lowest BCUT2D eigenvalue weighted by molar-refractivity contribution is 0.161. The summed E-state index contributed by atoms with van der Waals surface area (Å²) in [4.78, 5) is 17.4. The predicted molar refractivity (Wildman–Crippen MR) is 118 cm³/mol. The summed E-state index contributed by atoms with van der Waals surface area (Å²) in [6, 6.07) is 5.96. The van der Waals surface area contributed by atoms with Crippen molar-refractivity contribution in [3.63, 3.8) is 0 Å². The van der Waals surface area contributed by atoms with Crippen LogP contribution >= 0.6 is 0 Å². The van der Waals surface area contributed by atoms with Gasteiger partial charge in [-0.1, -0.05) is 13.8 Å². The van der Waals surface area contributed by atoms with Crippen LogP contribution < -0.4 is 19.5 Å². The number of hydrogen-bond acceptors (Lipinski definition) is 8. The number of methoxy groups -OCH3 is 1. The quantitative estimate of drug-likeness (QED) is 0.615. The van der Waals surface area contributed by atoms with Gasteiger partial charge in [-0.05, 0) is 30.9 Å². The first-order chi connectivity index (χ1) is 15.1. The van der Waals surface area contributed by atoms with Crippen molar-refractivity contribution in [2.24, 2.45) is 5.92 Å². The molecule has 4 heterocycles. The Morgan fingerprint density at radius 2 is 1.94 bits per heavy atom. The van der Waals surface area contributed by atoms with Crippen molar-refractivity contribution in [3.8, 4) is 28.8 Å². The molecule has 0 aliphatic carbocycles. The molecule has 0 spiro atoms. The Bertz CT molecular complexity index is 1060. The highest BCUT2D eigenvalue weighted by Gasteiger charge is 2.24. The molecule has 0 aromatic carbocycles. The van der Waals surface area contributed by atoms with Crippen LogP contribution in [0.15, 0.2) is 36.9 Å². The molecule has 1 aliphatic rings. The van der Waals surface area contributed by atoms with E-state index < -0.39 is 0 Å². The molecule has 3 aromatic heterocycles. The number of ether oxygens (including phenoxy) is 3. The van der Waals surface area contributed by atoms with E-state index in [9.17, 15) is 0 Å².